The first-order valence-electron chi connectivity index (χ1n) is 12.0. The molecule has 0 spiro atoms. The summed E-state index contributed by atoms with van der Waals surface area (Å²) in [6.45, 7) is 2.17. The quantitative estimate of drug-likeness (QED) is 0.469. The van der Waals surface area contributed by atoms with Crippen LogP contribution in [0.4, 0.5) is 24.7 Å². The van der Waals surface area contributed by atoms with E-state index in [0.717, 1.165) is 53.8 Å². The van der Waals surface area contributed by atoms with Crippen molar-refractivity contribution in [2.24, 2.45) is 11.8 Å². The maximum atomic E-state index is 12.7. The number of amides is 1. The number of fused-ring (bicyclic) bond motifs is 5. The van der Waals surface area contributed by atoms with E-state index in [-0.39, 0.29) is 12.3 Å². The number of carbonyl (C=O) groups is 1. The molecule has 3 aliphatic rings. The van der Waals surface area contributed by atoms with Crippen LogP contribution in [0.2, 0.25) is 0 Å². The number of aryl methyl sites for hydroxylation is 1. The molecule has 3 fully saturated rings. The van der Waals surface area contributed by atoms with E-state index in [2.05, 4.69) is 22.3 Å². The minimum Gasteiger partial charge on any atom is -0.356 e. The number of hydrogen-bond donors (Lipinski definition) is 1. The van der Waals surface area contributed by atoms with Gasteiger partial charge in [-0.3, -0.25) is 4.79 Å². The number of hydrogen-bond acceptors (Lipinski definition) is 3. The fraction of sp³-hybridized carbons (Fsp3) is 0.407. The molecular weight excluding hydrogens is 439 g/mol. The second-order valence-electron chi connectivity index (χ2n) is 9.61. The van der Waals surface area contributed by atoms with E-state index in [1.807, 2.05) is 18.2 Å². The van der Waals surface area contributed by atoms with Crippen molar-refractivity contribution in [1.29, 1.82) is 0 Å². The molecule has 2 aromatic carbocycles. The van der Waals surface area contributed by atoms with Crippen molar-refractivity contribution in [3.63, 3.8) is 0 Å². The Hall–Kier alpha value is -3.09. The highest BCUT2D eigenvalue weighted by molar-refractivity contribution is 5.94. The van der Waals surface area contributed by atoms with Gasteiger partial charge in [0, 0.05) is 30.6 Å². The average molecular weight is 468 g/mol. The van der Waals surface area contributed by atoms with Gasteiger partial charge in [-0.25, -0.2) is 4.98 Å². The monoisotopic (exact) mass is 467 g/mol. The Morgan fingerprint density at radius 3 is 2.26 bits per heavy atom. The van der Waals surface area contributed by atoms with Crippen molar-refractivity contribution >= 4 is 28.3 Å². The van der Waals surface area contributed by atoms with E-state index in [1.165, 1.54) is 37.8 Å². The van der Waals surface area contributed by atoms with Gasteiger partial charge >= 0.3 is 6.18 Å². The van der Waals surface area contributed by atoms with Crippen LogP contribution in [0.1, 0.15) is 43.2 Å². The van der Waals surface area contributed by atoms with E-state index in [4.69, 9.17) is 4.98 Å². The summed E-state index contributed by atoms with van der Waals surface area (Å²) in [6, 6.07) is 14.8. The Morgan fingerprint density at radius 2 is 1.62 bits per heavy atom. The molecule has 6 rings (SSSR count). The summed E-state index contributed by atoms with van der Waals surface area (Å²) in [4.78, 5) is 19.7. The average Bonchev–Trinajstić information content (AvgIpc) is 3.16. The molecule has 4 nitrogen and oxygen atoms in total. The van der Waals surface area contributed by atoms with Crippen molar-refractivity contribution in [2.75, 3.05) is 23.3 Å². The topological polar surface area (TPSA) is 45.2 Å². The smallest absolute Gasteiger partial charge is 0.356 e. The Labute approximate surface area is 197 Å². The third kappa shape index (κ3) is 5.18. The SMILES string of the molecule is O=C(CCc1ccc(C(F)(F)F)cc1)Nc1ccc2nc(N3CC4CCC(CC4)C3)ccc2c1. The summed E-state index contributed by atoms with van der Waals surface area (Å²) in [5.74, 6) is 2.40. The number of benzene rings is 2. The van der Waals surface area contributed by atoms with Crippen molar-refractivity contribution in [1.82, 2.24) is 4.98 Å². The molecule has 7 heteroatoms. The predicted octanol–water partition coefficient (Wildman–Crippen LogP) is 6.45. The molecule has 3 aromatic rings. The molecule has 2 saturated heterocycles. The summed E-state index contributed by atoms with van der Waals surface area (Å²) < 4.78 is 38.0. The maximum absolute atomic E-state index is 12.7. The first-order valence-corrected chi connectivity index (χ1v) is 12.0. The Kier molecular flexibility index (Phi) is 6.19. The van der Waals surface area contributed by atoms with E-state index < -0.39 is 11.7 Å². The van der Waals surface area contributed by atoms with E-state index in [9.17, 15) is 18.0 Å². The van der Waals surface area contributed by atoms with Crippen LogP contribution >= 0.6 is 0 Å². The van der Waals surface area contributed by atoms with Gasteiger partial charge in [0.15, 0.2) is 0 Å². The highest BCUT2D eigenvalue weighted by atomic mass is 19.4. The van der Waals surface area contributed by atoms with Crippen molar-refractivity contribution in [3.8, 4) is 0 Å². The number of rotatable bonds is 5. The van der Waals surface area contributed by atoms with Crippen LogP contribution in [-0.4, -0.2) is 24.0 Å². The molecular formula is C27H28F3N3O. The van der Waals surface area contributed by atoms with Gasteiger partial charge in [-0.1, -0.05) is 12.1 Å². The molecule has 1 N–H and O–H groups in total. The van der Waals surface area contributed by atoms with Gasteiger partial charge in [-0.2, -0.15) is 13.2 Å². The van der Waals surface area contributed by atoms with Gasteiger partial charge < -0.3 is 10.2 Å². The van der Waals surface area contributed by atoms with E-state index >= 15 is 0 Å². The van der Waals surface area contributed by atoms with Crippen LogP contribution in [0, 0.1) is 11.8 Å². The Balaban J connectivity index is 1.20. The lowest BCUT2D eigenvalue weighted by Gasteiger charge is -2.24. The van der Waals surface area contributed by atoms with Crippen LogP contribution in [0.25, 0.3) is 10.9 Å². The van der Waals surface area contributed by atoms with Crippen LogP contribution in [-0.2, 0) is 17.4 Å². The number of nitrogens with zero attached hydrogens (tertiary/aromatic N) is 2. The predicted molar refractivity (Wildman–Crippen MR) is 128 cm³/mol. The molecule has 1 aliphatic carbocycles. The standard InChI is InChI=1S/C27H28F3N3O/c28-27(29,30)22-9-5-18(6-10-22)7-14-26(34)31-23-11-12-24-21(15-23)8-13-25(32-24)33-16-19-1-2-20(17-33)4-3-19/h5-6,8-13,15,19-20H,1-4,7,14,16-17H2,(H,31,34). The highest BCUT2D eigenvalue weighted by Crippen LogP contribution is 2.36. The van der Waals surface area contributed by atoms with Crippen LogP contribution in [0.5, 0.6) is 0 Å². The molecule has 1 saturated carbocycles. The van der Waals surface area contributed by atoms with Crippen molar-refractivity contribution < 1.29 is 18.0 Å². The first-order chi connectivity index (χ1) is 16.3. The fourth-order valence-electron chi connectivity index (χ4n) is 5.19. The van der Waals surface area contributed by atoms with Gasteiger partial charge in [0.1, 0.15) is 5.82 Å². The second kappa shape index (κ2) is 9.28. The number of nitrogens with one attached hydrogen (secondary N) is 1. The molecule has 2 bridgehead atoms. The summed E-state index contributed by atoms with van der Waals surface area (Å²) in [5.41, 5.74) is 1.60. The van der Waals surface area contributed by atoms with Crippen LogP contribution < -0.4 is 10.2 Å². The minimum absolute atomic E-state index is 0.177. The number of anilines is 2. The fourth-order valence-corrected chi connectivity index (χ4v) is 5.19. The molecule has 0 atom stereocenters. The summed E-state index contributed by atoms with van der Waals surface area (Å²) in [6.07, 6.45) is 1.53. The zero-order valence-corrected chi connectivity index (χ0v) is 18.9. The molecule has 178 valence electrons. The number of halogens is 3. The van der Waals surface area contributed by atoms with Gasteiger partial charge in [-0.15, -0.1) is 0 Å². The van der Waals surface area contributed by atoms with E-state index in [0.29, 0.717) is 17.7 Å². The number of aromatic nitrogens is 1. The van der Waals surface area contributed by atoms with Gasteiger partial charge in [0.25, 0.3) is 0 Å². The molecule has 0 unspecified atom stereocenters. The molecule has 0 radical (unpaired) electrons. The summed E-state index contributed by atoms with van der Waals surface area (Å²) >= 11 is 0. The lowest BCUT2D eigenvalue weighted by molar-refractivity contribution is -0.137. The van der Waals surface area contributed by atoms with Gasteiger partial charge in [-0.05, 0) is 92.0 Å². The minimum atomic E-state index is -4.35. The zero-order chi connectivity index (χ0) is 23.7. The third-order valence-corrected chi connectivity index (χ3v) is 7.13. The summed E-state index contributed by atoms with van der Waals surface area (Å²) in [5, 5.41) is 3.85. The Bertz CT molecular complexity index is 1150. The van der Waals surface area contributed by atoms with Crippen molar-refractivity contribution in [3.05, 3.63) is 65.7 Å². The number of pyridine rings is 1. The van der Waals surface area contributed by atoms with Gasteiger partial charge in [0.2, 0.25) is 5.91 Å². The summed E-state index contributed by atoms with van der Waals surface area (Å²) in [7, 11) is 0. The lowest BCUT2D eigenvalue weighted by Crippen LogP contribution is -2.28. The number of alkyl halides is 3. The second-order valence-corrected chi connectivity index (χ2v) is 9.61. The normalized spacial score (nSPS) is 20.4. The zero-order valence-electron chi connectivity index (χ0n) is 18.9. The molecule has 3 heterocycles. The largest absolute Gasteiger partial charge is 0.416 e. The van der Waals surface area contributed by atoms with E-state index in [1.54, 1.807) is 0 Å². The molecule has 2 aliphatic heterocycles. The molecule has 1 aromatic heterocycles. The third-order valence-electron chi connectivity index (χ3n) is 7.13. The Morgan fingerprint density at radius 1 is 0.941 bits per heavy atom. The highest BCUT2D eigenvalue weighted by Gasteiger charge is 2.30. The first kappa shape index (κ1) is 22.7. The van der Waals surface area contributed by atoms with Crippen LogP contribution in [0.15, 0.2) is 54.6 Å². The maximum Gasteiger partial charge on any atom is 0.416 e. The lowest BCUT2D eigenvalue weighted by atomic mass is 9.84. The number of carbonyl (C=O) groups excluding carboxylic acids is 1. The van der Waals surface area contributed by atoms with Crippen LogP contribution in [0.3, 0.4) is 0 Å². The van der Waals surface area contributed by atoms with Gasteiger partial charge in [0.05, 0.1) is 11.1 Å². The van der Waals surface area contributed by atoms with Crippen molar-refractivity contribution in [2.45, 2.75) is 44.7 Å². The molecule has 34 heavy (non-hydrogen) atoms. The molecule has 1 amide bonds.